The van der Waals surface area contributed by atoms with Crippen molar-refractivity contribution in [3.05, 3.63) is 0 Å². The molecule has 1 saturated carbocycles. The van der Waals surface area contributed by atoms with Crippen molar-refractivity contribution >= 4 is 11.8 Å². The zero-order valence-electron chi connectivity index (χ0n) is 11.7. The third kappa shape index (κ3) is 4.41. The van der Waals surface area contributed by atoms with Crippen LogP contribution >= 0.6 is 11.8 Å². The highest BCUT2D eigenvalue weighted by molar-refractivity contribution is 8.00. The van der Waals surface area contributed by atoms with E-state index in [-0.39, 0.29) is 0 Å². The Hall–Kier alpha value is 0.230. The normalized spacial score (nSPS) is 25.2. The minimum Gasteiger partial charge on any atom is -0.379 e. The Morgan fingerprint density at radius 2 is 1.89 bits per heavy atom. The van der Waals surface area contributed by atoms with Crippen LogP contribution in [-0.4, -0.2) is 61.8 Å². The summed E-state index contributed by atoms with van der Waals surface area (Å²) in [5.74, 6) is 0. The van der Waals surface area contributed by atoms with Crippen molar-refractivity contribution in [2.45, 2.75) is 36.9 Å². The zero-order valence-corrected chi connectivity index (χ0v) is 12.6. The Bertz CT molecular complexity index is 226. The van der Waals surface area contributed by atoms with Crippen molar-refractivity contribution in [3.63, 3.8) is 0 Å². The number of nitrogens with one attached hydrogen (secondary N) is 1. The molecule has 0 unspecified atom stereocenters. The molecule has 3 nitrogen and oxygen atoms in total. The molecule has 0 bridgehead atoms. The van der Waals surface area contributed by atoms with Gasteiger partial charge in [-0.1, -0.05) is 19.3 Å². The van der Waals surface area contributed by atoms with Gasteiger partial charge in [-0.05, 0) is 19.1 Å². The van der Waals surface area contributed by atoms with E-state index >= 15 is 0 Å². The molecule has 0 spiro atoms. The van der Waals surface area contributed by atoms with Crippen LogP contribution in [0.15, 0.2) is 0 Å². The molecule has 1 heterocycles. The number of thioether (sulfide) groups is 1. The van der Waals surface area contributed by atoms with Crippen LogP contribution in [0.1, 0.15) is 32.1 Å². The van der Waals surface area contributed by atoms with E-state index in [9.17, 15) is 0 Å². The van der Waals surface area contributed by atoms with E-state index in [1.54, 1.807) is 0 Å². The zero-order chi connectivity index (χ0) is 12.7. The summed E-state index contributed by atoms with van der Waals surface area (Å²) >= 11 is 2.08. The molecule has 1 N–H and O–H groups in total. The lowest BCUT2D eigenvalue weighted by molar-refractivity contribution is 0.0383. The Morgan fingerprint density at radius 3 is 2.56 bits per heavy atom. The van der Waals surface area contributed by atoms with Crippen LogP contribution in [0.4, 0.5) is 0 Å². The monoisotopic (exact) mass is 272 g/mol. The molecule has 2 aliphatic rings. The predicted molar refractivity (Wildman–Crippen MR) is 79.5 cm³/mol. The summed E-state index contributed by atoms with van der Waals surface area (Å²) in [6, 6.07) is 0. The number of morpholine rings is 1. The van der Waals surface area contributed by atoms with Gasteiger partial charge in [0, 0.05) is 37.5 Å². The molecule has 0 aromatic heterocycles. The van der Waals surface area contributed by atoms with Crippen LogP contribution in [0, 0.1) is 0 Å². The molecular weight excluding hydrogens is 244 g/mol. The molecule has 1 aliphatic carbocycles. The maximum absolute atomic E-state index is 5.37. The molecule has 4 heteroatoms. The van der Waals surface area contributed by atoms with Crippen LogP contribution in [0.5, 0.6) is 0 Å². The molecule has 0 radical (unpaired) electrons. The van der Waals surface area contributed by atoms with E-state index in [0.29, 0.717) is 4.75 Å². The fraction of sp³-hybridized carbons (Fsp3) is 1.00. The van der Waals surface area contributed by atoms with Gasteiger partial charge in [0.2, 0.25) is 0 Å². The van der Waals surface area contributed by atoms with Gasteiger partial charge in [0.05, 0.1) is 13.2 Å². The fourth-order valence-corrected chi connectivity index (χ4v) is 3.97. The molecule has 2 fully saturated rings. The topological polar surface area (TPSA) is 24.5 Å². The van der Waals surface area contributed by atoms with E-state index in [1.165, 1.54) is 45.2 Å². The highest BCUT2D eigenvalue weighted by Gasteiger charge is 2.30. The second-order valence-electron chi connectivity index (χ2n) is 5.58. The van der Waals surface area contributed by atoms with Gasteiger partial charge >= 0.3 is 0 Å². The highest BCUT2D eigenvalue weighted by atomic mass is 32.2. The van der Waals surface area contributed by atoms with E-state index in [1.807, 2.05) is 0 Å². The van der Waals surface area contributed by atoms with E-state index in [2.05, 4.69) is 28.2 Å². The maximum Gasteiger partial charge on any atom is 0.0594 e. The SMILES string of the molecule is CSC1(CNCCN2CCOCC2)CCCCC1. The lowest BCUT2D eigenvalue weighted by Gasteiger charge is -2.36. The van der Waals surface area contributed by atoms with Gasteiger partial charge in [0.25, 0.3) is 0 Å². The Kier molecular flexibility index (Phi) is 6.29. The lowest BCUT2D eigenvalue weighted by atomic mass is 9.88. The highest BCUT2D eigenvalue weighted by Crippen LogP contribution is 2.37. The minimum atomic E-state index is 0.531. The number of hydrogen-bond acceptors (Lipinski definition) is 4. The number of ether oxygens (including phenoxy) is 1. The van der Waals surface area contributed by atoms with E-state index in [0.717, 1.165) is 32.8 Å². The fourth-order valence-electron chi connectivity index (χ4n) is 3.03. The molecule has 106 valence electrons. The van der Waals surface area contributed by atoms with Gasteiger partial charge in [-0.2, -0.15) is 11.8 Å². The first-order valence-corrected chi connectivity index (χ1v) is 8.63. The summed E-state index contributed by atoms with van der Waals surface area (Å²) in [6.45, 7) is 7.53. The van der Waals surface area contributed by atoms with Crippen LogP contribution in [-0.2, 0) is 4.74 Å². The third-order valence-corrected chi connectivity index (χ3v) is 5.77. The molecule has 1 saturated heterocycles. The quantitative estimate of drug-likeness (QED) is 0.747. The van der Waals surface area contributed by atoms with Crippen molar-refractivity contribution in [1.29, 1.82) is 0 Å². The van der Waals surface area contributed by atoms with Gasteiger partial charge in [0.15, 0.2) is 0 Å². The standard InChI is InChI=1S/C14H28N2OS/c1-18-14(5-3-2-4-6-14)13-15-7-8-16-9-11-17-12-10-16/h15H,2-13H2,1H3. The van der Waals surface area contributed by atoms with E-state index < -0.39 is 0 Å². The Balaban J connectivity index is 1.61. The van der Waals surface area contributed by atoms with Crippen molar-refractivity contribution in [2.24, 2.45) is 0 Å². The third-order valence-electron chi connectivity index (χ3n) is 4.35. The van der Waals surface area contributed by atoms with Gasteiger partial charge in [-0.15, -0.1) is 0 Å². The average Bonchev–Trinajstić information content (AvgIpc) is 2.46. The van der Waals surface area contributed by atoms with E-state index in [4.69, 9.17) is 4.74 Å². The maximum atomic E-state index is 5.37. The Labute approximate surface area is 116 Å². The summed E-state index contributed by atoms with van der Waals surface area (Å²) in [6.07, 6.45) is 9.38. The summed E-state index contributed by atoms with van der Waals surface area (Å²) in [5, 5.41) is 3.69. The van der Waals surface area contributed by atoms with Gasteiger partial charge in [-0.25, -0.2) is 0 Å². The Morgan fingerprint density at radius 1 is 1.17 bits per heavy atom. The number of hydrogen-bond donors (Lipinski definition) is 1. The number of rotatable bonds is 6. The van der Waals surface area contributed by atoms with Gasteiger partial charge < -0.3 is 10.1 Å². The summed E-state index contributed by atoms with van der Waals surface area (Å²) in [4.78, 5) is 2.50. The average molecular weight is 272 g/mol. The molecule has 0 atom stereocenters. The summed E-state index contributed by atoms with van der Waals surface area (Å²) in [5.41, 5.74) is 0. The van der Waals surface area contributed by atoms with Crippen LogP contribution in [0.3, 0.4) is 0 Å². The second kappa shape index (κ2) is 7.73. The molecule has 0 amide bonds. The molecule has 0 aromatic rings. The van der Waals surface area contributed by atoms with Gasteiger partial charge in [0.1, 0.15) is 0 Å². The van der Waals surface area contributed by atoms with Crippen molar-refractivity contribution in [1.82, 2.24) is 10.2 Å². The minimum absolute atomic E-state index is 0.531. The van der Waals surface area contributed by atoms with Crippen LogP contribution < -0.4 is 5.32 Å². The first kappa shape index (κ1) is 14.6. The molecule has 1 aliphatic heterocycles. The van der Waals surface area contributed by atoms with Crippen molar-refractivity contribution < 1.29 is 4.74 Å². The van der Waals surface area contributed by atoms with Gasteiger partial charge in [-0.3, -0.25) is 4.90 Å². The predicted octanol–water partition coefficient (Wildman–Crippen LogP) is 1.97. The number of nitrogens with zero attached hydrogens (tertiary/aromatic N) is 1. The lowest BCUT2D eigenvalue weighted by Crippen LogP contribution is -2.44. The van der Waals surface area contributed by atoms with Crippen LogP contribution in [0.25, 0.3) is 0 Å². The largest absolute Gasteiger partial charge is 0.379 e. The van der Waals surface area contributed by atoms with Crippen molar-refractivity contribution in [3.8, 4) is 0 Å². The first-order valence-electron chi connectivity index (χ1n) is 7.41. The molecule has 18 heavy (non-hydrogen) atoms. The smallest absolute Gasteiger partial charge is 0.0594 e. The molecule has 0 aromatic carbocycles. The summed E-state index contributed by atoms with van der Waals surface area (Å²) in [7, 11) is 0. The van der Waals surface area contributed by atoms with Crippen molar-refractivity contribution in [2.75, 3.05) is 52.2 Å². The van der Waals surface area contributed by atoms with Crippen LogP contribution in [0.2, 0.25) is 0 Å². The molecular formula is C14H28N2OS. The summed E-state index contributed by atoms with van der Waals surface area (Å²) < 4.78 is 5.90. The molecule has 2 rings (SSSR count). The first-order chi connectivity index (χ1) is 8.85. The second-order valence-corrected chi connectivity index (χ2v) is 6.85.